The number of likely N-dealkylation sites (N-methyl/N-ethyl adjacent to an activating group) is 1. The van der Waals surface area contributed by atoms with Crippen LogP contribution in [-0.2, 0) is 6.42 Å². The quantitative estimate of drug-likeness (QED) is 0.657. The lowest BCUT2D eigenvalue weighted by atomic mass is 10.1. The number of hydrogen-bond donors (Lipinski definition) is 1. The molecule has 2 N–H and O–H groups in total. The number of hydrogen-bond acceptors (Lipinski definition) is 4. The summed E-state index contributed by atoms with van der Waals surface area (Å²) in [6.07, 6.45) is 6.79. The van der Waals surface area contributed by atoms with Crippen molar-refractivity contribution in [3.05, 3.63) is 35.2 Å². The molecule has 1 aromatic carbocycles. The first-order valence-electron chi connectivity index (χ1n) is 8.80. The largest absolute Gasteiger partial charge is 0.386 e. The van der Waals surface area contributed by atoms with Crippen LogP contribution in [0.3, 0.4) is 0 Å². The first-order valence-corrected chi connectivity index (χ1v) is 9.75. The third kappa shape index (κ3) is 4.33. The van der Waals surface area contributed by atoms with Crippen LogP contribution in [0.15, 0.2) is 34.7 Å². The topological polar surface area (TPSA) is 44.9 Å². The smallest absolute Gasteiger partial charge is 0.113 e. The van der Waals surface area contributed by atoms with E-state index >= 15 is 0 Å². The summed E-state index contributed by atoms with van der Waals surface area (Å²) in [4.78, 5) is 9.46. The summed E-state index contributed by atoms with van der Waals surface area (Å²) in [6.45, 7) is 3.31. The molecule has 0 aromatic heterocycles. The van der Waals surface area contributed by atoms with Crippen LogP contribution in [-0.4, -0.2) is 49.7 Å². The molecule has 0 bridgehead atoms. The molecular weight excluding hydrogens is 316 g/mol. The first-order chi connectivity index (χ1) is 11.6. The Bertz CT molecular complexity index is 616. The Kier molecular flexibility index (Phi) is 5.85. The van der Waals surface area contributed by atoms with Gasteiger partial charge in [0, 0.05) is 25.3 Å². The van der Waals surface area contributed by atoms with Gasteiger partial charge in [0.05, 0.1) is 10.9 Å². The predicted octanol–water partition coefficient (Wildman–Crippen LogP) is 3.40. The molecular formula is C19H28N4S. The van der Waals surface area contributed by atoms with Crippen molar-refractivity contribution >= 4 is 29.0 Å². The van der Waals surface area contributed by atoms with Crippen molar-refractivity contribution in [3.8, 4) is 0 Å². The number of thioether (sulfide) groups is 1. The van der Waals surface area contributed by atoms with E-state index in [9.17, 15) is 0 Å². The van der Waals surface area contributed by atoms with Crippen molar-refractivity contribution in [3.63, 3.8) is 0 Å². The second-order valence-corrected chi connectivity index (χ2v) is 7.94. The van der Waals surface area contributed by atoms with E-state index in [1.807, 2.05) is 0 Å². The van der Waals surface area contributed by atoms with E-state index in [2.05, 4.69) is 58.6 Å². The number of benzene rings is 1. The summed E-state index contributed by atoms with van der Waals surface area (Å²) in [6, 6.07) is 6.60. The van der Waals surface area contributed by atoms with Crippen molar-refractivity contribution in [1.82, 2.24) is 4.90 Å². The van der Waals surface area contributed by atoms with Crippen LogP contribution in [0.25, 0.3) is 0 Å². The maximum atomic E-state index is 6.20. The molecule has 0 saturated carbocycles. The van der Waals surface area contributed by atoms with E-state index in [0.29, 0.717) is 5.25 Å². The highest BCUT2D eigenvalue weighted by molar-refractivity contribution is 8.03. The minimum Gasteiger partial charge on any atom is -0.386 e. The summed E-state index contributed by atoms with van der Waals surface area (Å²) in [5.41, 5.74) is 9.99. The van der Waals surface area contributed by atoms with Crippen molar-refractivity contribution in [2.24, 2.45) is 10.7 Å². The molecule has 0 aliphatic carbocycles. The minimum absolute atomic E-state index is 0.306. The molecule has 24 heavy (non-hydrogen) atoms. The van der Waals surface area contributed by atoms with Crippen LogP contribution in [0, 0.1) is 0 Å². The third-order valence-electron chi connectivity index (χ3n) is 4.62. The molecule has 0 spiro atoms. The molecule has 5 heteroatoms. The molecule has 0 saturated heterocycles. The number of allylic oxidation sites excluding steroid dienone is 1. The molecule has 0 radical (unpaired) electrons. The van der Waals surface area contributed by atoms with Gasteiger partial charge in [0.1, 0.15) is 5.84 Å². The highest BCUT2D eigenvalue weighted by Gasteiger charge is 2.17. The van der Waals surface area contributed by atoms with Gasteiger partial charge in [-0.25, -0.2) is 4.99 Å². The molecule has 2 heterocycles. The summed E-state index contributed by atoms with van der Waals surface area (Å²) >= 11 is 1.76. The number of fused-ring (bicyclic) bond motifs is 1. The van der Waals surface area contributed by atoms with Gasteiger partial charge in [0.2, 0.25) is 0 Å². The molecule has 3 rings (SSSR count). The van der Waals surface area contributed by atoms with Crippen molar-refractivity contribution < 1.29 is 0 Å². The van der Waals surface area contributed by atoms with Crippen LogP contribution in [0.5, 0.6) is 0 Å². The second kappa shape index (κ2) is 8.08. The van der Waals surface area contributed by atoms with Gasteiger partial charge in [-0.05, 0) is 68.9 Å². The molecule has 1 unspecified atom stereocenters. The number of amidine groups is 1. The summed E-state index contributed by atoms with van der Waals surface area (Å²) < 4.78 is 0. The van der Waals surface area contributed by atoms with E-state index in [-0.39, 0.29) is 0 Å². The van der Waals surface area contributed by atoms with Gasteiger partial charge in [0.25, 0.3) is 0 Å². The Morgan fingerprint density at radius 2 is 2.25 bits per heavy atom. The Morgan fingerprint density at radius 1 is 1.38 bits per heavy atom. The summed E-state index contributed by atoms with van der Waals surface area (Å²) in [5, 5.41) is 2.42. The molecule has 0 amide bonds. The van der Waals surface area contributed by atoms with Gasteiger partial charge in [-0.3, -0.25) is 0 Å². The van der Waals surface area contributed by atoms with Gasteiger partial charge in [-0.15, -0.1) is 11.8 Å². The predicted molar refractivity (Wildman–Crippen MR) is 107 cm³/mol. The van der Waals surface area contributed by atoms with E-state index in [1.54, 1.807) is 11.8 Å². The fourth-order valence-electron chi connectivity index (χ4n) is 3.24. The molecule has 2 aliphatic heterocycles. The Hall–Kier alpha value is -1.46. The summed E-state index contributed by atoms with van der Waals surface area (Å²) in [5.74, 6) is 0.739. The highest BCUT2D eigenvalue weighted by atomic mass is 32.2. The fourth-order valence-corrected chi connectivity index (χ4v) is 4.06. The standard InChI is InChI=1S/C19H28N4S/c1-22(2)11-12-23-10-4-3-6-15-14-16(8-9-17(15)23)21-19(20)18-7-5-13-24-18/h5,8-9,13-14,18H,3-4,6-7,10-12H2,1-2H3,(H2,20,21). The Labute approximate surface area is 149 Å². The van der Waals surface area contributed by atoms with Gasteiger partial charge in [0.15, 0.2) is 0 Å². The zero-order chi connectivity index (χ0) is 16.9. The molecule has 1 atom stereocenters. The lowest BCUT2D eigenvalue weighted by molar-refractivity contribution is 0.413. The average Bonchev–Trinajstić information content (AvgIpc) is 3.02. The van der Waals surface area contributed by atoms with Crippen LogP contribution in [0.2, 0.25) is 0 Å². The number of nitrogens with zero attached hydrogens (tertiary/aromatic N) is 3. The number of nitrogens with two attached hydrogens (primary N) is 1. The Balaban J connectivity index is 1.78. The second-order valence-electron chi connectivity index (χ2n) is 6.83. The number of anilines is 1. The lowest BCUT2D eigenvalue weighted by Crippen LogP contribution is -2.32. The third-order valence-corrected chi connectivity index (χ3v) is 5.73. The molecule has 130 valence electrons. The van der Waals surface area contributed by atoms with E-state index in [1.165, 1.54) is 24.1 Å². The lowest BCUT2D eigenvalue weighted by Gasteiger charge is -2.26. The monoisotopic (exact) mass is 344 g/mol. The minimum atomic E-state index is 0.306. The van der Waals surface area contributed by atoms with Gasteiger partial charge in [-0.2, -0.15) is 0 Å². The van der Waals surface area contributed by atoms with E-state index in [0.717, 1.165) is 44.0 Å². The van der Waals surface area contributed by atoms with Gasteiger partial charge < -0.3 is 15.5 Å². The number of rotatable bonds is 5. The van der Waals surface area contributed by atoms with Gasteiger partial charge >= 0.3 is 0 Å². The zero-order valence-corrected chi connectivity index (χ0v) is 15.6. The molecule has 0 fully saturated rings. The van der Waals surface area contributed by atoms with Crippen molar-refractivity contribution in [1.29, 1.82) is 0 Å². The van der Waals surface area contributed by atoms with Crippen LogP contribution >= 0.6 is 11.8 Å². The number of aryl methyl sites for hydroxylation is 1. The zero-order valence-electron chi connectivity index (χ0n) is 14.7. The maximum absolute atomic E-state index is 6.20. The van der Waals surface area contributed by atoms with Crippen LogP contribution in [0.1, 0.15) is 24.8 Å². The first kappa shape index (κ1) is 17.4. The van der Waals surface area contributed by atoms with E-state index in [4.69, 9.17) is 5.73 Å². The van der Waals surface area contributed by atoms with E-state index < -0.39 is 0 Å². The SMILES string of the molecule is CN(C)CCN1CCCCc2cc(N=C(N)C3CC=CS3)ccc21. The molecule has 1 aromatic rings. The molecule has 4 nitrogen and oxygen atoms in total. The normalized spacial score (nSPS) is 21.2. The molecule has 2 aliphatic rings. The van der Waals surface area contributed by atoms with Crippen molar-refractivity contribution in [2.75, 3.05) is 38.6 Å². The van der Waals surface area contributed by atoms with Gasteiger partial charge in [-0.1, -0.05) is 6.08 Å². The fraction of sp³-hybridized carbons (Fsp3) is 0.526. The van der Waals surface area contributed by atoms with Crippen LogP contribution in [0.4, 0.5) is 11.4 Å². The van der Waals surface area contributed by atoms with Crippen molar-refractivity contribution in [2.45, 2.75) is 30.9 Å². The summed E-state index contributed by atoms with van der Waals surface area (Å²) in [7, 11) is 4.27. The maximum Gasteiger partial charge on any atom is 0.113 e. The Morgan fingerprint density at radius 3 is 3.00 bits per heavy atom. The highest BCUT2D eigenvalue weighted by Crippen LogP contribution is 2.31. The number of aliphatic imine (C=N–C) groups is 1. The van der Waals surface area contributed by atoms with Crippen LogP contribution < -0.4 is 10.6 Å². The average molecular weight is 345 g/mol.